The van der Waals surface area contributed by atoms with Gasteiger partial charge in [-0.3, -0.25) is 0 Å². The van der Waals surface area contributed by atoms with Crippen molar-refractivity contribution in [2.45, 2.75) is 0 Å². The molecule has 76 valence electrons. The molecule has 0 atom stereocenters. The number of azo groups is 1. The van der Waals surface area contributed by atoms with Crippen LogP contribution in [0.5, 0.6) is 5.75 Å². The maximum atomic E-state index is 9.11. The second-order valence-corrected chi connectivity index (χ2v) is 2.63. The van der Waals surface area contributed by atoms with Gasteiger partial charge in [-0.1, -0.05) is 5.16 Å². The maximum absolute atomic E-state index is 9.11. The summed E-state index contributed by atoms with van der Waals surface area (Å²) in [5.74, 6) is 0.540. The van der Waals surface area contributed by atoms with Gasteiger partial charge in [-0.05, 0) is 12.1 Å². The smallest absolute Gasteiger partial charge is 0.216 e. The second kappa shape index (κ2) is 3.74. The summed E-state index contributed by atoms with van der Waals surface area (Å²) in [6.45, 7) is 0. The molecule has 2 heterocycles. The van der Waals surface area contributed by atoms with Gasteiger partial charge in [0.25, 0.3) is 0 Å². The molecule has 0 aliphatic rings. The lowest BCUT2D eigenvalue weighted by atomic mass is 10.4. The highest BCUT2D eigenvalue weighted by atomic mass is 16.5. The zero-order chi connectivity index (χ0) is 10.7. The van der Waals surface area contributed by atoms with Crippen molar-refractivity contribution in [2.24, 2.45) is 10.2 Å². The fraction of sp³-hybridized carbons (Fsp3) is 0. The van der Waals surface area contributed by atoms with E-state index in [9.17, 15) is 0 Å². The number of nitrogens with two attached hydrogens (primary N) is 1. The summed E-state index contributed by atoms with van der Waals surface area (Å²) in [4.78, 5) is 3.78. The summed E-state index contributed by atoms with van der Waals surface area (Å²) in [5, 5.41) is 20.1. The van der Waals surface area contributed by atoms with E-state index < -0.39 is 0 Å². The Hall–Kier alpha value is -2.44. The lowest BCUT2D eigenvalue weighted by Crippen LogP contribution is -1.88. The summed E-state index contributed by atoms with van der Waals surface area (Å²) < 4.78 is 4.56. The third kappa shape index (κ3) is 2.08. The van der Waals surface area contributed by atoms with Crippen molar-refractivity contribution in [1.82, 2.24) is 10.1 Å². The van der Waals surface area contributed by atoms with E-state index >= 15 is 0 Å². The van der Waals surface area contributed by atoms with Crippen molar-refractivity contribution in [1.29, 1.82) is 0 Å². The molecule has 0 unspecified atom stereocenters. The molecule has 0 amide bonds. The molecular formula is C8H7N5O2. The van der Waals surface area contributed by atoms with E-state index in [1.54, 1.807) is 6.07 Å². The van der Waals surface area contributed by atoms with Crippen molar-refractivity contribution in [2.75, 3.05) is 5.73 Å². The zero-order valence-electron chi connectivity index (χ0n) is 7.53. The molecule has 15 heavy (non-hydrogen) atoms. The van der Waals surface area contributed by atoms with Crippen LogP contribution in [0.3, 0.4) is 0 Å². The summed E-state index contributed by atoms with van der Waals surface area (Å²) in [6, 6.07) is 4.42. The van der Waals surface area contributed by atoms with E-state index in [0.717, 1.165) is 0 Å². The highest BCUT2D eigenvalue weighted by Crippen LogP contribution is 2.21. The number of nitrogens with zero attached hydrogens (tertiary/aromatic N) is 4. The molecule has 7 heteroatoms. The number of aromatic hydroxyl groups is 1. The van der Waals surface area contributed by atoms with Crippen molar-refractivity contribution >= 4 is 17.5 Å². The molecule has 0 spiro atoms. The van der Waals surface area contributed by atoms with Gasteiger partial charge in [0.15, 0.2) is 17.4 Å². The van der Waals surface area contributed by atoms with Crippen LogP contribution in [0.2, 0.25) is 0 Å². The van der Waals surface area contributed by atoms with E-state index in [1.165, 1.54) is 18.4 Å². The number of rotatable bonds is 2. The van der Waals surface area contributed by atoms with Crippen LogP contribution in [0.4, 0.5) is 17.5 Å². The fourth-order valence-electron chi connectivity index (χ4n) is 0.873. The largest absolute Gasteiger partial charge is 0.504 e. The third-order valence-corrected chi connectivity index (χ3v) is 1.57. The Labute approximate surface area is 84.3 Å². The Kier molecular flexibility index (Phi) is 2.28. The molecule has 0 bridgehead atoms. The van der Waals surface area contributed by atoms with Crippen molar-refractivity contribution < 1.29 is 9.63 Å². The molecule has 0 fully saturated rings. The second-order valence-electron chi connectivity index (χ2n) is 2.63. The van der Waals surface area contributed by atoms with Crippen LogP contribution in [0.25, 0.3) is 0 Å². The molecule has 0 aromatic carbocycles. The van der Waals surface area contributed by atoms with Crippen LogP contribution >= 0.6 is 0 Å². The number of pyridine rings is 1. The zero-order valence-corrected chi connectivity index (χ0v) is 7.53. The Balaban J connectivity index is 2.21. The molecule has 0 radical (unpaired) electrons. The SMILES string of the molecule is Nc1nc(N=Nc2ccon2)ccc1O. The first-order valence-corrected chi connectivity index (χ1v) is 4.03. The van der Waals surface area contributed by atoms with E-state index in [1.807, 2.05) is 0 Å². The van der Waals surface area contributed by atoms with Gasteiger partial charge in [0.05, 0.1) is 0 Å². The van der Waals surface area contributed by atoms with Gasteiger partial charge < -0.3 is 15.4 Å². The van der Waals surface area contributed by atoms with Gasteiger partial charge in [-0.2, -0.15) is 0 Å². The minimum Gasteiger partial charge on any atom is -0.504 e. The Morgan fingerprint density at radius 2 is 2.00 bits per heavy atom. The first-order chi connectivity index (χ1) is 7.25. The minimum absolute atomic E-state index is 0.00611. The monoisotopic (exact) mass is 205 g/mol. The molecule has 0 aliphatic carbocycles. The first-order valence-electron chi connectivity index (χ1n) is 4.03. The summed E-state index contributed by atoms with van der Waals surface area (Å²) in [5.41, 5.74) is 5.37. The molecule has 2 aromatic heterocycles. The molecule has 3 N–H and O–H groups in total. The predicted octanol–water partition coefficient (Wildman–Crippen LogP) is 1.77. The van der Waals surface area contributed by atoms with E-state index in [2.05, 4.69) is 24.9 Å². The number of hydrogen-bond donors (Lipinski definition) is 2. The van der Waals surface area contributed by atoms with Crippen LogP contribution in [0.15, 0.2) is 39.2 Å². The molecule has 2 aromatic rings. The summed E-state index contributed by atoms with van der Waals surface area (Å²) >= 11 is 0. The fourth-order valence-corrected chi connectivity index (χ4v) is 0.873. The minimum atomic E-state index is -0.0876. The normalized spacial score (nSPS) is 10.9. The Morgan fingerprint density at radius 3 is 2.67 bits per heavy atom. The first kappa shape index (κ1) is 9.13. The van der Waals surface area contributed by atoms with E-state index in [0.29, 0.717) is 5.82 Å². The molecular weight excluding hydrogens is 198 g/mol. The summed E-state index contributed by atoms with van der Waals surface area (Å²) in [6.07, 6.45) is 1.38. The number of aromatic nitrogens is 2. The van der Waals surface area contributed by atoms with Crippen LogP contribution in [0, 0.1) is 0 Å². The van der Waals surface area contributed by atoms with Crippen molar-refractivity contribution in [3.8, 4) is 5.75 Å². The van der Waals surface area contributed by atoms with Gasteiger partial charge in [0.2, 0.25) is 5.82 Å². The summed E-state index contributed by atoms with van der Waals surface area (Å²) in [7, 11) is 0. The van der Waals surface area contributed by atoms with E-state index in [4.69, 9.17) is 10.8 Å². The Morgan fingerprint density at radius 1 is 1.20 bits per heavy atom. The lowest BCUT2D eigenvalue weighted by Gasteiger charge is -1.96. The van der Waals surface area contributed by atoms with Gasteiger partial charge in [-0.25, -0.2) is 4.98 Å². The van der Waals surface area contributed by atoms with Crippen molar-refractivity contribution in [3.05, 3.63) is 24.5 Å². The maximum Gasteiger partial charge on any atom is 0.216 e. The standard InChI is InChI=1S/C8H7N5O2/c9-8-5(14)1-2-6(10-8)11-12-7-3-4-15-13-7/h1-4,14H,(H2,9,10). The average molecular weight is 205 g/mol. The predicted molar refractivity (Wildman–Crippen MR) is 51.0 cm³/mol. The highest BCUT2D eigenvalue weighted by Gasteiger charge is 1.99. The quantitative estimate of drug-likeness (QED) is 0.726. The van der Waals surface area contributed by atoms with Crippen LogP contribution < -0.4 is 5.73 Å². The van der Waals surface area contributed by atoms with E-state index in [-0.39, 0.29) is 17.4 Å². The lowest BCUT2D eigenvalue weighted by molar-refractivity contribution is 0.421. The highest BCUT2D eigenvalue weighted by molar-refractivity contribution is 5.49. The number of anilines is 1. The topological polar surface area (TPSA) is 110 Å². The van der Waals surface area contributed by atoms with Crippen LogP contribution in [-0.2, 0) is 0 Å². The van der Waals surface area contributed by atoms with Gasteiger partial charge in [-0.15, -0.1) is 10.2 Å². The molecule has 0 saturated heterocycles. The molecule has 2 rings (SSSR count). The van der Waals surface area contributed by atoms with Crippen LogP contribution in [-0.4, -0.2) is 15.2 Å². The van der Waals surface area contributed by atoms with Gasteiger partial charge in [0.1, 0.15) is 6.26 Å². The molecule has 0 aliphatic heterocycles. The Bertz CT molecular complexity index is 480. The molecule has 0 saturated carbocycles. The van der Waals surface area contributed by atoms with Crippen molar-refractivity contribution in [3.63, 3.8) is 0 Å². The average Bonchev–Trinajstić information content (AvgIpc) is 2.73. The molecule has 7 nitrogen and oxygen atoms in total. The van der Waals surface area contributed by atoms with Crippen LogP contribution in [0.1, 0.15) is 0 Å². The van der Waals surface area contributed by atoms with Gasteiger partial charge >= 0.3 is 0 Å². The number of nitrogen functional groups attached to an aromatic ring is 1. The third-order valence-electron chi connectivity index (χ3n) is 1.57. The number of hydrogen-bond acceptors (Lipinski definition) is 7. The van der Waals surface area contributed by atoms with Gasteiger partial charge in [0, 0.05) is 6.07 Å².